The Morgan fingerprint density at radius 1 is 0.674 bits per heavy atom. The number of carbonyl (C=O) groups excluding carboxylic acids is 3. The van der Waals surface area contributed by atoms with Crippen LogP contribution in [0.2, 0.25) is 0 Å². The van der Waals surface area contributed by atoms with E-state index in [2.05, 4.69) is 0 Å². The van der Waals surface area contributed by atoms with Crippen molar-refractivity contribution in [3.8, 4) is 0 Å². The van der Waals surface area contributed by atoms with Crippen LogP contribution < -0.4 is 0 Å². The number of amides is 2. The average Bonchev–Trinajstić information content (AvgIpc) is 3.71. The molecule has 8 heteroatoms. The second kappa shape index (κ2) is 15.5. The van der Waals surface area contributed by atoms with Gasteiger partial charge in [0.25, 0.3) is 11.8 Å². The molecule has 8 nitrogen and oxygen atoms in total. The van der Waals surface area contributed by atoms with Gasteiger partial charge in [-0.1, -0.05) is 96.1 Å². The molecule has 2 aliphatic rings. The van der Waals surface area contributed by atoms with Crippen molar-refractivity contribution in [1.29, 1.82) is 0 Å². The van der Waals surface area contributed by atoms with Crippen molar-refractivity contribution < 1.29 is 29.0 Å². The molecule has 6 rings (SSSR count). The summed E-state index contributed by atoms with van der Waals surface area (Å²) in [5, 5.41) is 10.1. The summed E-state index contributed by atoms with van der Waals surface area (Å²) in [4.78, 5) is 41.2. The number of rotatable bonds is 8. The van der Waals surface area contributed by atoms with Crippen molar-refractivity contribution in [1.82, 2.24) is 9.80 Å². The van der Waals surface area contributed by atoms with Crippen molar-refractivity contribution in [2.45, 2.75) is 58.2 Å². The van der Waals surface area contributed by atoms with Gasteiger partial charge in [0.15, 0.2) is 6.29 Å². The maximum absolute atomic E-state index is 13.0. The molecule has 46 heavy (non-hydrogen) atoms. The lowest BCUT2D eigenvalue weighted by atomic mass is 10.1. The van der Waals surface area contributed by atoms with E-state index in [0.29, 0.717) is 50.3 Å². The number of hydrogen-bond donors (Lipinski definition) is 1. The minimum absolute atomic E-state index is 0.0802. The molecule has 2 aliphatic heterocycles. The fraction of sp³-hybridized carbons (Fsp3) is 0.289. The standard InChI is InChI=1S/C19H21NO3.C19H19NO3/c2*1-14-7-9-16(10-8-14)18(21)20(17-11-12-23-19(17)22)13-15-5-3-2-4-6-15/h2-10,17,19,22H,11-13H2,1H3;2-10,17H,11-13H2,1H3. The van der Waals surface area contributed by atoms with Gasteiger partial charge < -0.3 is 24.4 Å². The monoisotopic (exact) mass is 620 g/mol. The van der Waals surface area contributed by atoms with Gasteiger partial charge in [0, 0.05) is 30.6 Å². The molecule has 238 valence electrons. The quantitative estimate of drug-likeness (QED) is 0.254. The molecule has 0 aliphatic carbocycles. The Morgan fingerprint density at radius 2 is 1.15 bits per heavy atom. The summed E-state index contributed by atoms with van der Waals surface area (Å²) < 4.78 is 10.3. The second-order valence-electron chi connectivity index (χ2n) is 11.7. The highest BCUT2D eigenvalue weighted by Crippen LogP contribution is 2.24. The van der Waals surface area contributed by atoms with Crippen LogP contribution in [-0.2, 0) is 27.4 Å². The Bertz CT molecular complexity index is 1590. The van der Waals surface area contributed by atoms with Gasteiger partial charge in [-0.05, 0) is 55.7 Å². The van der Waals surface area contributed by atoms with E-state index >= 15 is 0 Å². The first-order chi connectivity index (χ1) is 22.3. The number of esters is 1. The van der Waals surface area contributed by atoms with Crippen LogP contribution in [0.1, 0.15) is 55.8 Å². The van der Waals surface area contributed by atoms with Crippen molar-refractivity contribution in [2.75, 3.05) is 13.2 Å². The predicted octanol–water partition coefficient (Wildman–Crippen LogP) is 5.70. The molecule has 2 amide bonds. The van der Waals surface area contributed by atoms with Crippen LogP contribution in [0.25, 0.3) is 0 Å². The van der Waals surface area contributed by atoms with Gasteiger partial charge in [-0.25, -0.2) is 4.79 Å². The zero-order valence-electron chi connectivity index (χ0n) is 26.2. The first-order valence-corrected chi connectivity index (χ1v) is 15.6. The zero-order valence-corrected chi connectivity index (χ0v) is 26.2. The highest BCUT2D eigenvalue weighted by molar-refractivity contribution is 5.97. The molecule has 2 fully saturated rings. The van der Waals surface area contributed by atoms with Crippen LogP contribution in [0.15, 0.2) is 109 Å². The number of aliphatic hydroxyl groups is 1. The third kappa shape index (κ3) is 8.27. The maximum atomic E-state index is 13.0. The molecule has 1 N–H and O–H groups in total. The smallest absolute Gasteiger partial charge is 0.329 e. The molecule has 0 aromatic heterocycles. The molecule has 0 radical (unpaired) electrons. The van der Waals surface area contributed by atoms with Crippen molar-refractivity contribution >= 4 is 17.8 Å². The van der Waals surface area contributed by atoms with E-state index < -0.39 is 12.3 Å². The predicted molar refractivity (Wildman–Crippen MR) is 175 cm³/mol. The van der Waals surface area contributed by atoms with E-state index in [1.54, 1.807) is 21.9 Å². The van der Waals surface area contributed by atoms with Crippen molar-refractivity contribution in [3.05, 3.63) is 143 Å². The number of nitrogens with zero attached hydrogens (tertiary/aromatic N) is 2. The number of carbonyl (C=O) groups is 3. The topological polar surface area (TPSA) is 96.4 Å². The Kier molecular flexibility index (Phi) is 11.0. The summed E-state index contributed by atoms with van der Waals surface area (Å²) in [7, 11) is 0. The summed E-state index contributed by atoms with van der Waals surface area (Å²) in [6, 6.07) is 33.6. The summed E-state index contributed by atoms with van der Waals surface area (Å²) >= 11 is 0. The normalized spacial score (nSPS) is 18.7. The van der Waals surface area contributed by atoms with Gasteiger partial charge in [0.2, 0.25) is 0 Å². The SMILES string of the molecule is Cc1ccc(C(=O)N(Cc2ccccc2)C2CCOC2=O)cc1.Cc1ccc(C(=O)N(Cc2ccccc2)C2CCOC2O)cc1. The van der Waals surface area contributed by atoms with Gasteiger partial charge in [-0.15, -0.1) is 0 Å². The summed E-state index contributed by atoms with van der Waals surface area (Å²) in [5.74, 6) is -0.539. The highest BCUT2D eigenvalue weighted by atomic mass is 16.6. The molecule has 3 atom stereocenters. The Morgan fingerprint density at radius 3 is 1.59 bits per heavy atom. The van der Waals surface area contributed by atoms with Crippen LogP contribution in [0, 0.1) is 13.8 Å². The van der Waals surface area contributed by atoms with E-state index in [0.717, 1.165) is 22.3 Å². The third-order valence-electron chi connectivity index (χ3n) is 8.23. The number of benzene rings is 4. The molecule has 0 spiro atoms. The number of aryl methyl sites for hydroxylation is 2. The van der Waals surface area contributed by atoms with E-state index in [9.17, 15) is 19.5 Å². The molecule has 3 unspecified atom stereocenters. The number of hydrogen-bond acceptors (Lipinski definition) is 6. The molecule has 4 aromatic rings. The number of cyclic esters (lactones) is 1. The first kappa shape index (κ1) is 32.6. The van der Waals surface area contributed by atoms with E-state index in [4.69, 9.17) is 9.47 Å². The van der Waals surface area contributed by atoms with Crippen LogP contribution in [0.5, 0.6) is 0 Å². The molecule has 0 bridgehead atoms. The van der Waals surface area contributed by atoms with Crippen LogP contribution in [-0.4, -0.2) is 64.3 Å². The van der Waals surface area contributed by atoms with Crippen molar-refractivity contribution in [3.63, 3.8) is 0 Å². The molecule has 4 aromatic carbocycles. The Labute approximate surface area is 270 Å². The Balaban J connectivity index is 0.000000181. The Hall–Kier alpha value is -4.79. The molecular weight excluding hydrogens is 580 g/mol. The van der Waals surface area contributed by atoms with Gasteiger partial charge >= 0.3 is 5.97 Å². The van der Waals surface area contributed by atoms with Gasteiger partial charge in [0.1, 0.15) is 6.04 Å². The fourth-order valence-corrected chi connectivity index (χ4v) is 5.59. The zero-order chi connectivity index (χ0) is 32.5. The van der Waals surface area contributed by atoms with Crippen LogP contribution in [0.3, 0.4) is 0 Å². The average molecular weight is 621 g/mol. The van der Waals surface area contributed by atoms with E-state index in [1.807, 2.05) is 111 Å². The molecule has 2 saturated heterocycles. The lowest BCUT2D eigenvalue weighted by Crippen LogP contribution is -2.44. The largest absolute Gasteiger partial charge is 0.464 e. The number of ether oxygens (including phenoxy) is 2. The molecule has 0 saturated carbocycles. The lowest BCUT2D eigenvalue weighted by Gasteiger charge is -2.30. The fourth-order valence-electron chi connectivity index (χ4n) is 5.59. The van der Waals surface area contributed by atoms with Crippen LogP contribution in [0.4, 0.5) is 0 Å². The van der Waals surface area contributed by atoms with Gasteiger partial charge in [-0.3, -0.25) is 9.59 Å². The minimum atomic E-state index is -0.923. The third-order valence-corrected chi connectivity index (χ3v) is 8.23. The van der Waals surface area contributed by atoms with Gasteiger partial charge in [0.05, 0.1) is 19.3 Å². The summed E-state index contributed by atoms with van der Waals surface area (Å²) in [6.45, 7) is 5.66. The summed E-state index contributed by atoms with van der Waals surface area (Å²) in [5.41, 5.74) is 5.45. The number of aliphatic hydroxyl groups excluding tert-OH is 1. The summed E-state index contributed by atoms with van der Waals surface area (Å²) in [6.07, 6.45) is 0.266. The lowest BCUT2D eigenvalue weighted by molar-refractivity contribution is -0.141. The first-order valence-electron chi connectivity index (χ1n) is 15.6. The van der Waals surface area contributed by atoms with Crippen LogP contribution >= 0.6 is 0 Å². The van der Waals surface area contributed by atoms with E-state index in [-0.39, 0.29) is 23.8 Å². The van der Waals surface area contributed by atoms with E-state index in [1.165, 1.54) is 0 Å². The maximum Gasteiger partial charge on any atom is 0.329 e. The molecular formula is C38H40N2O6. The molecule has 2 heterocycles. The van der Waals surface area contributed by atoms with Gasteiger partial charge in [-0.2, -0.15) is 0 Å². The second-order valence-corrected chi connectivity index (χ2v) is 11.7. The van der Waals surface area contributed by atoms with Crippen molar-refractivity contribution in [2.24, 2.45) is 0 Å². The minimum Gasteiger partial charge on any atom is -0.464 e. The highest BCUT2D eigenvalue weighted by Gasteiger charge is 2.36.